The second-order valence-corrected chi connectivity index (χ2v) is 5.42. The Kier molecular flexibility index (Phi) is 7.18. The van der Waals surface area contributed by atoms with E-state index in [1.807, 2.05) is 38.1 Å². The lowest BCUT2D eigenvalue weighted by Gasteiger charge is -2.33. The average Bonchev–Trinajstić information content (AvgIpc) is 2.57. The third-order valence-corrected chi connectivity index (χ3v) is 4.30. The molecule has 1 aromatic carbocycles. The zero-order valence-corrected chi connectivity index (χ0v) is 14.1. The summed E-state index contributed by atoms with van der Waals surface area (Å²) in [6, 6.07) is 7.47. The SMILES string of the molecule is CCC(CC)(CN)C(=O)N(C)CCOc1ccccc1OC. The van der Waals surface area contributed by atoms with Crippen molar-refractivity contribution in [3.63, 3.8) is 0 Å². The standard InChI is InChI=1S/C17H28N2O3/c1-5-17(6-2,13-18)16(20)19(3)11-12-22-15-10-8-7-9-14(15)21-4/h7-10H,5-6,11-13,18H2,1-4H3. The van der Waals surface area contributed by atoms with Crippen LogP contribution in [0.25, 0.3) is 0 Å². The molecule has 1 amide bonds. The van der Waals surface area contributed by atoms with Crippen molar-refractivity contribution in [1.29, 1.82) is 0 Å². The average molecular weight is 308 g/mol. The number of rotatable bonds is 9. The molecule has 0 heterocycles. The summed E-state index contributed by atoms with van der Waals surface area (Å²) in [7, 11) is 3.40. The van der Waals surface area contributed by atoms with Crippen LogP contribution in [-0.2, 0) is 4.79 Å². The zero-order valence-electron chi connectivity index (χ0n) is 14.1. The first-order chi connectivity index (χ1) is 10.5. The van der Waals surface area contributed by atoms with Gasteiger partial charge in [-0.25, -0.2) is 0 Å². The molecule has 0 unspecified atom stereocenters. The summed E-state index contributed by atoms with van der Waals surface area (Å²) < 4.78 is 10.9. The lowest BCUT2D eigenvalue weighted by atomic mass is 9.81. The van der Waals surface area contributed by atoms with Crippen LogP contribution in [0.1, 0.15) is 26.7 Å². The summed E-state index contributed by atoms with van der Waals surface area (Å²) in [6.45, 7) is 5.31. The highest BCUT2D eigenvalue weighted by molar-refractivity contribution is 5.82. The van der Waals surface area contributed by atoms with Gasteiger partial charge in [-0.05, 0) is 25.0 Å². The summed E-state index contributed by atoms with van der Waals surface area (Å²) in [5.74, 6) is 1.46. The lowest BCUT2D eigenvalue weighted by Crippen LogP contribution is -2.47. The number of carbonyl (C=O) groups is 1. The minimum absolute atomic E-state index is 0.0867. The van der Waals surface area contributed by atoms with Crippen LogP contribution in [0.2, 0.25) is 0 Å². The van der Waals surface area contributed by atoms with Crippen molar-refractivity contribution < 1.29 is 14.3 Å². The number of methoxy groups -OCH3 is 1. The minimum atomic E-state index is -0.459. The van der Waals surface area contributed by atoms with Crippen LogP contribution in [0.3, 0.4) is 0 Å². The van der Waals surface area contributed by atoms with Gasteiger partial charge < -0.3 is 20.1 Å². The molecule has 5 nitrogen and oxygen atoms in total. The molecule has 1 aromatic rings. The fraction of sp³-hybridized carbons (Fsp3) is 0.588. The molecule has 0 bridgehead atoms. The maximum atomic E-state index is 12.6. The van der Waals surface area contributed by atoms with Gasteiger partial charge in [0.05, 0.1) is 19.1 Å². The minimum Gasteiger partial charge on any atom is -0.493 e. The largest absolute Gasteiger partial charge is 0.493 e. The topological polar surface area (TPSA) is 64.8 Å². The van der Waals surface area contributed by atoms with Crippen molar-refractivity contribution in [2.75, 3.05) is 33.9 Å². The molecular weight excluding hydrogens is 280 g/mol. The van der Waals surface area contributed by atoms with E-state index in [9.17, 15) is 4.79 Å². The van der Waals surface area contributed by atoms with Gasteiger partial charge in [-0.15, -0.1) is 0 Å². The van der Waals surface area contributed by atoms with Gasteiger partial charge in [0, 0.05) is 13.6 Å². The second-order valence-electron chi connectivity index (χ2n) is 5.42. The number of para-hydroxylation sites is 2. The van der Waals surface area contributed by atoms with E-state index in [1.54, 1.807) is 19.1 Å². The number of hydrogen-bond donors (Lipinski definition) is 1. The fourth-order valence-corrected chi connectivity index (χ4v) is 2.47. The summed E-state index contributed by atoms with van der Waals surface area (Å²) in [5, 5.41) is 0. The highest BCUT2D eigenvalue weighted by Gasteiger charge is 2.35. The number of ether oxygens (including phenoxy) is 2. The van der Waals surface area contributed by atoms with Gasteiger partial charge in [0.15, 0.2) is 11.5 Å². The molecule has 2 N–H and O–H groups in total. The molecular formula is C17H28N2O3. The van der Waals surface area contributed by atoms with Gasteiger partial charge in [0.25, 0.3) is 0 Å². The Labute approximate surface area is 133 Å². The smallest absolute Gasteiger partial charge is 0.229 e. The predicted octanol–water partition coefficient (Wildman–Crippen LogP) is 2.30. The normalized spacial score (nSPS) is 11.1. The molecule has 5 heteroatoms. The Hall–Kier alpha value is -1.75. The molecule has 0 saturated heterocycles. The summed E-state index contributed by atoms with van der Waals surface area (Å²) >= 11 is 0. The molecule has 22 heavy (non-hydrogen) atoms. The molecule has 0 aliphatic rings. The summed E-state index contributed by atoms with van der Waals surface area (Å²) in [6.07, 6.45) is 1.49. The third-order valence-electron chi connectivity index (χ3n) is 4.30. The monoisotopic (exact) mass is 308 g/mol. The van der Waals surface area contributed by atoms with Crippen molar-refractivity contribution in [3.8, 4) is 11.5 Å². The molecule has 0 aliphatic carbocycles. The molecule has 0 fully saturated rings. The molecule has 124 valence electrons. The van der Waals surface area contributed by atoms with Gasteiger partial charge in [-0.1, -0.05) is 26.0 Å². The summed E-state index contributed by atoms with van der Waals surface area (Å²) in [4.78, 5) is 14.3. The first-order valence-corrected chi connectivity index (χ1v) is 7.76. The Morgan fingerprint density at radius 2 is 1.82 bits per heavy atom. The van der Waals surface area contributed by atoms with Crippen molar-refractivity contribution >= 4 is 5.91 Å². The van der Waals surface area contributed by atoms with Crippen LogP contribution in [0, 0.1) is 5.41 Å². The van der Waals surface area contributed by atoms with Crippen molar-refractivity contribution in [2.24, 2.45) is 11.1 Å². The Bertz CT molecular complexity index is 464. The Morgan fingerprint density at radius 3 is 2.32 bits per heavy atom. The van der Waals surface area contributed by atoms with E-state index in [-0.39, 0.29) is 5.91 Å². The zero-order chi connectivity index (χ0) is 16.6. The Morgan fingerprint density at radius 1 is 1.23 bits per heavy atom. The first kappa shape index (κ1) is 18.3. The van der Waals surface area contributed by atoms with E-state index in [2.05, 4.69) is 0 Å². The number of benzene rings is 1. The van der Waals surface area contributed by atoms with Crippen LogP contribution >= 0.6 is 0 Å². The van der Waals surface area contributed by atoms with Gasteiger partial charge in [0.2, 0.25) is 5.91 Å². The first-order valence-electron chi connectivity index (χ1n) is 7.76. The third kappa shape index (κ3) is 4.13. The molecule has 0 aromatic heterocycles. The molecule has 0 saturated carbocycles. The highest BCUT2D eigenvalue weighted by Crippen LogP contribution is 2.28. The van der Waals surface area contributed by atoms with Crippen LogP contribution in [0.15, 0.2) is 24.3 Å². The summed E-state index contributed by atoms with van der Waals surface area (Å²) in [5.41, 5.74) is 5.37. The van der Waals surface area contributed by atoms with E-state index < -0.39 is 5.41 Å². The number of carbonyl (C=O) groups excluding carboxylic acids is 1. The molecule has 0 aliphatic heterocycles. The van der Waals surface area contributed by atoms with Gasteiger partial charge in [0.1, 0.15) is 6.61 Å². The second kappa shape index (κ2) is 8.63. The van der Waals surface area contributed by atoms with Crippen LogP contribution in [0.5, 0.6) is 11.5 Å². The van der Waals surface area contributed by atoms with Crippen LogP contribution in [-0.4, -0.2) is 44.7 Å². The van der Waals surface area contributed by atoms with E-state index in [0.29, 0.717) is 31.2 Å². The van der Waals surface area contributed by atoms with Crippen molar-refractivity contribution in [2.45, 2.75) is 26.7 Å². The fourth-order valence-electron chi connectivity index (χ4n) is 2.47. The van der Waals surface area contributed by atoms with Gasteiger partial charge in [-0.3, -0.25) is 4.79 Å². The van der Waals surface area contributed by atoms with Gasteiger partial charge >= 0.3 is 0 Å². The van der Waals surface area contributed by atoms with E-state index in [0.717, 1.165) is 12.8 Å². The van der Waals surface area contributed by atoms with Crippen LogP contribution in [0.4, 0.5) is 0 Å². The molecule has 0 spiro atoms. The number of amides is 1. The molecule has 1 rings (SSSR count). The highest BCUT2D eigenvalue weighted by atomic mass is 16.5. The maximum absolute atomic E-state index is 12.6. The van der Waals surface area contributed by atoms with Crippen molar-refractivity contribution in [3.05, 3.63) is 24.3 Å². The van der Waals surface area contributed by atoms with Gasteiger partial charge in [-0.2, -0.15) is 0 Å². The van der Waals surface area contributed by atoms with E-state index >= 15 is 0 Å². The number of likely N-dealkylation sites (N-methyl/N-ethyl adjacent to an activating group) is 1. The van der Waals surface area contributed by atoms with E-state index in [1.165, 1.54) is 0 Å². The predicted molar refractivity (Wildman–Crippen MR) is 88.2 cm³/mol. The quantitative estimate of drug-likeness (QED) is 0.760. The molecule has 0 atom stereocenters. The lowest BCUT2D eigenvalue weighted by molar-refractivity contribution is -0.141. The number of hydrogen-bond acceptors (Lipinski definition) is 4. The number of nitrogens with two attached hydrogens (primary N) is 1. The van der Waals surface area contributed by atoms with Crippen LogP contribution < -0.4 is 15.2 Å². The maximum Gasteiger partial charge on any atom is 0.229 e. The van der Waals surface area contributed by atoms with E-state index in [4.69, 9.17) is 15.2 Å². The number of nitrogens with zero attached hydrogens (tertiary/aromatic N) is 1. The molecule has 0 radical (unpaired) electrons. The Balaban J connectivity index is 2.59. The van der Waals surface area contributed by atoms with Crippen molar-refractivity contribution in [1.82, 2.24) is 4.90 Å².